The van der Waals surface area contributed by atoms with Crippen LogP contribution in [-0.2, 0) is 11.3 Å². The van der Waals surface area contributed by atoms with E-state index in [9.17, 15) is 4.79 Å². The van der Waals surface area contributed by atoms with Crippen LogP contribution in [-0.4, -0.2) is 30.8 Å². The zero-order valence-corrected chi connectivity index (χ0v) is 12.8. The van der Waals surface area contributed by atoms with Crippen LogP contribution in [0.2, 0.25) is 0 Å². The number of carboxylic acid groups (broad SMARTS) is 1. The lowest BCUT2D eigenvalue weighted by Gasteiger charge is -2.18. The molecular weight excluding hydrogens is 270 g/mol. The van der Waals surface area contributed by atoms with Crippen molar-refractivity contribution in [1.82, 2.24) is 5.32 Å². The number of ether oxygens (including phenoxy) is 2. The molecule has 0 heterocycles. The molecule has 21 heavy (non-hydrogen) atoms. The molecule has 116 valence electrons. The van der Waals surface area contributed by atoms with Gasteiger partial charge in [-0.25, -0.2) is 0 Å². The van der Waals surface area contributed by atoms with Gasteiger partial charge in [-0.05, 0) is 23.6 Å². The zero-order chi connectivity index (χ0) is 15.8. The minimum Gasteiger partial charge on any atom is -0.493 e. The van der Waals surface area contributed by atoms with Crippen LogP contribution < -0.4 is 14.8 Å². The molecule has 0 amide bonds. The summed E-state index contributed by atoms with van der Waals surface area (Å²) in [7, 11) is 1.57. The maximum absolute atomic E-state index is 11.1. The van der Waals surface area contributed by atoms with Crippen molar-refractivity contribution in [2.75, 3.05) is 13.7 Å². The molecule has 0 saturated heterocycles. The number of aliphatic carboxylic acids is 1. The van der Waals surface area contributed by atoms with Crippen molar-refractivity contribution in [3.8, 4) is 11.5 Å². The summed E-state index contributed by atoms with van der Waals surface area (Å²) >= 11 is 0. The highest BCUT2D eigenvalue weighted by Crippen LogP contribution is 2.28. The largest absolute Gasteiger partial charge is 0.493 e. The van der Waals surface area contributed by atoms with E-state index < -0.39 is 12.0 Å². The van der Waals surface area contributed by atoms with Crippen LogP contribution in [0.15, 0.2) is 30.9 Å². The van der Waals surface area contributed by atoms with E-state index >= 15 is 0 Å². The van der Waals surface area contributed by atoms with Crippen LogP contribution in [0.5, 0.6) is 11.5 Å². The summed E-state index contributed by atoms with van der Waals surface area (Å²) < 4.78 is 10.8. The first kappa shape index (κ1) is 17.0. The van der Waals surface area contributed by atoms with E-state index in [0.717, 1.165) is 5.56 Å². The highest BCUT2D eigenvalue weighted by atomic mass is 16.5. The predicted molar refractivity (Wildman–Crippen MR) is 81.8 cm³/mol. The summed E-state index contributed by atoms with van der Waals surface area (Å²) in [6.45, 7) is 8.20. The standard InChI is InChI=1S/C16H23NO4/c1-5-8-21-13-7-6-12(9-14(13)20-4)10-17-15(11(2)3)16(18)19/h5-7,9,11,15,17H,1,8,10H2,2-4H3,(H,18,19)/t15-/m1/s1. The summed E-state index contributed by atoms with van der Waals surface area (Å²) in [5, 5.41) is 12.2. The zero-order valence-electron chi connectivity index (χ0n) is 12.8. The average Bonchev–Trinajstić information content (AvgIpc) is 2.45. The van der Waals surface area contributed by atoms with E-state index in [1.165, 1.54) is 0 Å². The van der Waals surface area contributed by atoms with Crippen molar-refractivity contribution in [2.24, 2.45) is 5.92 Å². The second-order valence-corrected chi connectivity index (χ2v) is 5.03. The SMILES string of the molecule is C=CCOc1ccc(CN[C@@H](C(=O)O)C(C)C)cc1OC. The molecule has 0 saturated carbocycles. The first-order valence-corrected chi connectivity index (χ1v) is 6.86. The van der Waals surface area contributed by atoms with Gasteiger partial charge in [0.1, 0.15) is 12.6 Å². The first-order valence-electron chi connectivity index (χ1n) is 6.86. The Morgan fingerprint density at radius 2 is 2.14 bits per heavy atom. The molecule has 5 nitrogen and oxygen atoms in total. The topological polar surface area (TPSA) is 67.8 Å². The molecule has 1 aromatic rings. The van der Waals surface area contributed by atoms with Crippen LogP contribution in [0, 0.1) is 5.92 Å². The quantitative estimate of drug-likeness (QED) is 0.685. The molecule has 5 heteroatoms. The number of hydrogen-bond donors (Lipinski definition) is 2. The second kappa shape index (κ2) is 8.32. The average molecular weight is 293 g/mol. The predicted octanol–water partition coefficient (Wildman–Crippen LogP) is 2.46. The molecule has 0 unspecified atom stereocenters. The van der Waals surface area contributed by atoms with Gasteiger partial charge < -0.3 is 19.9 Å². The van der Waals surface area contributed by atoms with Gasteiger partial charge in [0.05, 0.1) is 7.11 Å². The fraction of sp³-hybridized carbons (Fsp3) is 0.438. The number of carbonyl (C=O) groups is 1. The lowest BCUT2D eigenvalue weighted by atomic mass is 10.0. The number of methoxy groups -OCH3 is 1. The maximum atomic E-state index is 11.1. The summed E-state index contributed by atoms with van der Waals surface area (Å²) in [6, 6.07) is 4.95. The molecule has 1 rings (SSSR count). The third kappa shape index (κ3) is 5.11. The van der Waals surface area contributed by atoms with Gasteiger partial charge in [0, 0.05) is 6.54 Å². The highest BCUT2D eigenvalue weighted by Gasteiger charge is 2.20. The molecule has 1 atom stereocenters. The van der Waals surface area contributed by atoms with Crippen molar-refractivity contribution in [3.63, 3.8) is 0 Å². The fourth-order valence-corrected chi connectivity index (χ4v) is 1.93. The normalized spacial score (nSPS) is 12.0. The third-order valence-corrected chi connectivity index (χ3v) is 3.04. The summed E-state index contributed by atoms with van der Waals surface area (Å²) in [6.07, 6.45) is 1.66. The second-order valence-electron chi connectivity index (χ2n) is 5.03. The van der Waals surface area contributed by atoms with Crippen LogP contribution >= 0.6 is 0 Å². The van der Waals surface area contributed by atoms with Crippen LogP contribution in [0.4, 0.5) is 0 Å². The Hall–Kier alpha value is -2.01. The molecular formula is C16H23NO4. The molecule has 0 aliphatic rings. The van der Waals surface area contributed by atoms with Crippen LogP contribution in [0.25, 0.3) is 0 Å². The van der Waals surface area contributed by atoms with Gasteiger partial charge in [-0.2, -0.15) is 0 Å². The monoisotopic (exact) mass is 293 g/mol. The lowest BCUT2D eigenvalue weighted by Crippen LogP contribution is -2.40. The van der Waals surface area contributed by atoms with Crippen molar-refractivity contribution in [3.05, 3.63) is 36.4 Å². The smallest absolute Gasteiger partial charge is 0.320 e. The number of nitrogens with one attached hydrogen (secondary N) is 1. The molecule has 0 radical (unpaired) electrons. The molecule has 0 aromatic heterocycles. The van der Waals surface area contributed by atoms with Gasteiger partial charge in [0.15, 0.2) is 11.5 Å². The van der Waals surface area contributed by atoms with E-state index in [1.54, 1.807) is 13.2 Å². The molecule has 0 aliphatic heterocycles. The maximum Gasteiger partial charge on any atom is 0.320 e. The fourth-order valence-electron chi connectivity index (χ4n) is 1.93. The molecule has 2 N–H and O–H groups in total. The molecule has 0 fully saturated rings. The Bertz CT molecular complexity index is 485. The van der Waals surface area contributed by atoms with E-state index in [4.69, 9.17) is 14.6 Å². The van der Waals surface area contributed by atoms with Gasteiger partial charge in [0.25, 0.3) is 0 Å². The number of hydrogen-bond acceptors (Lipinski definition) is 4. The van der Waals surface area contributed by atoms with E-state index in [1.807, 2.05) is 32.0 Å². The Kier molecular flexibility index (Phi) is 6.75. The number of benzene rings is 1. The number of rotatable bonds is 9. The minimum atomic E-state index is -0.845. The first-order chi connectivity index (χ1) is 9.99. The van der Waals surface area contributed by atoms with Gasteiger partial charge in [-0.1, -0.05) is 32.6 Å². The highest BCUT2D eigenvalue weighted by molar-refractivity contribution is 5.73. The lowest BCUT2D eigenvalue weighted by molar-refractivity contribution is -0.140. The Labute approximate surface area is 125 Å². The van der Waals surface area contributed by atoms with E-state index in [2.05, 4.69) is 11.9 Å². The Morgan fingerprint density at radius 3 is 2.67 bits per heavy atom. The minimum absolute atomic E-state index is 0.0135. The summed E-state index contributed by atoms with van der Waals surface area (Å²) in [5.41, 5.74) is 0.935. The van der Waals surface area contributed by atoms with Crippen molar-refractivity contribution in [2.45, 2.75) is 26.4 Å². The number of carboxylic acids is 1. The van der Waals surface area contributed by atoms with Crippen molar-refractivity contribution in [1.29, 1.82) is 0 Å². The van der Waals surface area contributed by atoms with Gasteiger partial charge in [0.2, 0.25) is 0 Å². The van der Waals surface area contributed by atoms with Crippen LogP contribution in [0.3, 0.4) is 0 Å². The Balaban J connectivity index is 2.75. The van der Waals surface area contributed by atoms with Crippen LogP contribution in [0.1, 0.15) is 19.4 Å². The van der Waals surface area contributed by atoms with E-state index in [0.29, 0.717) is 24.7 Å². The molecule has 0 spiro atoms. The molecule has 0 bridgehead atoms. The third-order valence-electron chi connectivity index (χ3n) is 3.04. The molecule has 1 aromatic carbocycles. The van der Waals surface area contributed by atoms with Gasteiger partial charge in [-0.15, -0.1) is 0 Å². The molecule has 0 aliphatic carbocycles. The summed E-state index contributed by atoms with van der Waals surface area (Å²) in [5.74, 6) is 0.426. The van der Waals surface area contributed by atoms with Crippen molar-refractivity contribution < 1.29 is 19.4 Å². The van der Waals surface area contributed by atoms with Gasteiger partial charge >= 0.3 is 5.97 Å². The summed E-state index contributed by atoms with van der Waals surface area (Å²) in [4.78, 5) is 11.1. The Morgan fingerprint density at radius 1 is 1.43 bits per heavy atom. The van der Waals surface area contributed by atoms with Gasteiger partial charge in [-0.3, -0.25) is 4.79 Å². The van der Waals surface area contributed by atoms with E-state index in [-0.39, 0.29) is 5.92 Å². The van der Waals surface area contributed by atoms with Crippen molar-refractivity contribution >= 4 is 5.97 Å².